The molecular formula is C20H21N5O3. The first-order valence-electron chi connectivity index (χ1n) is 9.70. The van der Waals surface area contributed by atoms with Gasteiger partial charge in [0.1, 0.15) is 11.7 Å². The Bertz CT molecular complexity index is 953. The number of nitrogens with zero attached hydrogens (tertiary/aromatic N) is 3. The van der Waals surface area contributed by atoms with Crippen molar-refractivity contribution in [3.05, 3.63) is 62.6 Å². The van der Waals surface area contributed by atoms with E-state index in [0.29, 0.717) is 13.0 Å². The third-order valence-corrected chi connectivity index (χ3v) is 5.85. The minimum atomic E-state index is -0.399. The van der Waals surface area contributed by atoms with Gasteiger partial charge in [-0.25, -0.2) is 0 Å². The number of carbonyl (C=O) groups is 1. The average Bonchev–Trinajstić information content (AvgIpc) is 3.39. The van der Waals surface area contributed by atoms with Gasteiger partial charge in [-0.2, -0.15) is 0 Å². The molecule has 1 aromatic rings. The standard InChI is InChI=1S/C20H21N5O3/c26-15-3-1-2-14-17(15)16(12-4-6-13(7-5-12)25(27)28)18(19-21-8-9-22-19)20-23-10-11-24(14)20/h4-7,16,21-22H,1-3,8-11H2. The number of aliphatic imine (C=N–C) groups is 1. The Balaban J connectivity index is 1.73. The number of hydrogen-bond acceptors (Lipinski definition) is 7. The lowest BCUT2D eigenvalue weighted by molar-refractivity contribution is -0.384. The summed E-state index contributed by atoms with van der Waals surface area (Å²) in [5.41, 5.74) is 3.84. The van der Waals surface area contributed by atoms with E-state index in [0.717, 1.165) is 66.5 Å². The van der Waals surface area contributed by atoms with Crippen molar-refractivity contribution in [3.63, 3.8) is 0 Å². The summed E-state index contributed by atoms with van der Waals surface area (Å²) in [5, 5.41) is 17.9. The van der Waals surface area contributed by atoms with Gasteiger partial charge >= 0.3 is 0 Å². The van der Waals surface area contributed by atoms with E-state index in [4.69, 9.17) is 4.99 Å². The number of ketones is 1. The Labute approximate surface area is 162 Å². The van der Waals surface area contributed by atoms with Crippen LogP contribution in [0.25, 0.3) is 0 Å². The molecule has 5 rings (SSSR count). The zero-order valence-corrected chi connectivity index (χ0v) is 15.4. The minimum Gasteiger partial charge on any atom is -0.370 e. The smallest absolute Gasteiger partial charge is 0.269 e. The molecule has 0 radical (unpaired) electrons. The number of nitrogens with one attached hydrogen (secondary N) is 2. The van der Waals surface area contributed by atoms with Crippen molar-refractivity contribution >= 4 is 17.3 Å². The molecule has 1 aliphatic carbocycles. The largest absolute Gasteiger partial charge is 0.370 e. The molecule has 0 bridgehead atoms. The normalized spacial score (nSPS) is 23.9. The van der Waals surface area contributed by atoms with Crippen molar-refractivity contribution in [2.24, 2.45) is 4.99 Å². The molecule has 0 saturated carbocycles. The maximum absolute atomic E-state index is 13.0. The quantitative estimate of drug-likeness (QED) is 0.601. The van der Waals surface area contributed by atoms with Crippen LogP contribution in [0.2, 0.25) is 0 Å². The van der Waals surface area contributed by atoms with Crippen LogP contribution in [0.5, 0.6) is 0 Å². The van der Waals surface area contributed by atoms with E-state index in [1.807, 2.05) is 0 Å². The molecule has 1 aromatic carbocycles. The number of non-ortho nitro benzene ring substituents is 1. The van der Waals surface area contributed by atoms with Crippen molar-refractivity contribution in [1.29, 1.82) is 0 Å². The summed E-state index contributed by atoms with van der Waals surface area (Å²) in [5.74, 6) is 1.75. The van der Waals surface area contributed by atoms with E-state index in [2.05, 4.69) is 15.5 Å². The molecule has 1 atom stereocenters. The van der Waals surface area contributed by atoms with Crippen LogP contribution in [0.3, 0.4) is 0 Å². The van der Waals surface area contributed by atoms with Crippen LogP contribution in [0, 0.1) is 10.1 Å². The second-order valence-electron chi connectivity index (χ2n) is 7.42. The first-order valence-corrected chi connectivity index (χ1v) is 9.70. The molecular weight excluding hydrogens is 358 g/mol. The molecule has 2 N–H and O–H groups in total. The van der Waals surface area contributed by atoms with Gasteiger partial charge < -0.3 is 15.5 Å². The molecule has 8 nitrogen and oxygen atoms in total. The fourth-order valence-electron chi connectivity index (χ4n) is 4.67. The zero-order chi connectivity index (χ0) is 19.3. The van der Waals surface area contributed by atoms with Crippen LogP contribution in [-0.4, -0.2) is 47.6 Å². The first kappa shape index (κ1) is 17.0. The summed E-state index contributed by atoms with van der Waals surface area (Å²) >= 11 is 0. The first-order chi connectivity index (χ1) is 13.6. The molecule has 1 saturated heterocycles. The molecule has 3 heterocycles. The molecule has 3 aliphatic heterocycles. The number of benzene rings is 1. The highest BCUT2D eigenvalue weighted by atomic mass is 16.6. The van der Waals surface area contributed by atoms with E-state index in [9.17, 15) is 14.9 Å². The van der Waals surface area contributed by atoms with Gasteiger partial charge in [0.25, 0.3) is 5.69 Å². The van der Waals surface area contributed by atoms with Crippen LogP contribution in [0.1, 0.15) is 30.7 Å². The third-order valence-electron chi connectivity index (χ3n) is 5.85. The molecule has 0 aromatic heterocycles. The van der Waals surface area contributed by atoms with E-state index in [1.165, 1.54) is 12.1 Å². The van der Waals surface area contributed by atoms with Gasteiger partial charge in [-0.15, -0.1) is 0 Å². The molecule has 1 fully saturated rings. The van der Waals surface area contributed by atoms with E-state index < -0.39 is 4.92 Å². The topological polar surface area (TPSA) is 99.9 Å². The number of amidine groups is 1. The van der Waals surface area contributed by atoms with Crippen LogP contribution >= 0.6 is 0 Å². The second-order valence-corrected chi connectivity index (χ2v) is 7.42. The van der Waals surface area contributed by atoms with Gasteiger partial charge in [-0.1, -0.05) is 12.1 Å². The highest BCUT2D eigenvalue weighted by Gasteiger charge is 2.44. The lowest BCUT2D eigenvalue weighted by atomic mass is 9.74. The van der Waals surface area contributed by atoms with E-state index >= 15 is 0 Å². The summed E-state index contributed by atoms with van der Waals surface area (Å²) < 4.78 is 0. The van der Waals surface area contributed by atoms with Crippen molar-refractivity contribution < 1.29 is 9.72 Å². The minimum absolute atomic E-state index is 0.0508. The predicted molar refractivity (Wildman–Crippen MR) is 104 cm³/mol. The highest BCUT2D eigenvalue weighted by molar-refractivity contribution is 6.10. The number of rotatable bonds is 2. The number of Topliss-reactive ketones (excluding diaryl/α,β-unsaturated/α-hetero) is 1. The van der Waals surface area contributed by atoms with Crippen LogP contribution < -0.4 is 10.6 Å². The van der Waals surface area contributed by atoms with Crippen LogP contribution in [0.15, 0.2) is 51.9 Å². The van der Waals surface area contributed by atoms with Crippen molar-refractivity contribution in [2.75, 3.05) is 26.2 Å². The Morgan fingerprint density at radius 3 is 2.57 bits per heavy atom. The van der Waals surface area contributed by atoms with Gasteiger partial charge in [0.15, 0.2) is 5.78 Å². The fourth-order valence-corrected chi connectivity index (χ4v) is 4.67. The van der Waals surface area contributed by atoms with Crippen LogP contribution in [-0.2, 0) is 4.79 Å². The second kappa shape index (κ2) is 6.47. The molecule has 0 spiro atoms. The lowest BCUT2D eigenvalue weighted by Crippen LogP contribution is -2.42. The Hall–Kier alpha value is -3.16. The maximum Gasteiger partial charge on any atom is 0.269 e. The fraction of sp³-hybridized carbons (Fsp3) is 0.400. The summed E-state index contributed by atoms with van der Waals surface area (Å²) in [6.45, 7) is 3.15. The summed E-state index contributed by atoms with van der Waals surface area (Å²) in [6, 6.07) is 6.58. The molecule has 0 amide bonds. The Kier molecular flexibility index (Phi) is 3.92. The van der Waals surface area contributed by atoms with E-state index in [-0.39, 0.29) is 17.4 Å². The number of allylic oxidation sites excluding steroid dienone is 2. The predicted octanol–water partition coefficient (Wildman–Crippen LogP) is 1.82. The number of nitro benzene ring substituents is 1. The molecule has 8 heteroatoms. The molecule has 144 valence electrons. The highest BCUT2D eigenvalue weighted by Crippen LogP contribution is 2.46. The summed E-state index contributed by atoms with van der Waals surface area (Å²) in [4.78, 5) is 30.7. The molecule has 1 unspecified atom stereocenters. The SMILES string of the molecule is O=C1CCCC2=C1C(c1ccc([N+](=O)[O-])cc1)C(=C1NCCN1)C1=NCCN12. The average molecular weight is 379 g/mol. The number of nitro groups is 1. The van der Waals surface area contributed by atoms with Gasteiger partial charge in [0.05, 0.1) is 11.5 Å². The number of fused-ring (bicyclic) bond motifs is 2. The van der Waals surface area contributed by atoms with Crippen molar-refractivity contribution in [1.82, 2.24) is 15.5 Å². The van der Waals surface area contributed by atoms with Gasteiger partial charge in [-0.3, -0.25) is 19.9 Å². The van der Waals surface area contributed by atoms with Crippen molar-refractivity contribution in [3.8, 4) is 0 Å². The number of hydrogen-bond donors (Lipinski definition) is 2. The van der Waals surface area contributed by atoms with Gasteiger partial charge in [-0.05, 0) is 18.4 Å². The number of carbonyl (C=O) groups excluding carboxylic acids is 1. The van der Waals surface area contributed by atoms with Gasteiger partial charge in [0.2, 0.25) is 0 Å². The van der Waals surface area contributed by atoms with E-state index in [1.54, 1.807) is 12.1 Å². The Morgan fingerprint density at radius 1 is 1.11 bits per heavy atom. The summed E-state index contributed by atoms with van der Waals surface area (Å²) in [7, 11) is 0. The van der Waals surface area contributed by atoms with Crippen molar-refractivity contribution in [2.45, 2.75) is 25.2 Å². The maximum atomic E-state index is 13.0. The zero-order valence-electron chi connectivity index (χ0n) is 15.4. The van der Waals surface area contributed by atoms with Crippen LogP contribution in [0.4, 0.5) is 5.69 Å². The third kappa shape index (κ3) is 2.51. The monoisotopic (exact) mass is 379 g/mol. The molecule has 4 aliphatic rings. The lowest BCUT2D eigenvalue weighted by Gasteiger charge is -2.40. The summed E-state index contributed by atoms with van der Waals surface area (Å²) in [6.07, 6.45) is 2.27. The van der Waals surface area contributed by atoms with Gasteiger partial charge in [0, 0.05) is 60.9 Å². The molecule has 28 heavy (non-hydrogen) atoms. The Morgan fingerprint density at radius 2 is 1.86 bits per heavy atom.